The molecule has 1 aliphatic heterocycles. The molecule has 9 nitrogen and oxygen atoms in total. The summed E-state index contributed by atoms with van der Waals surface area (Å²) in [5.41, 5.74) is 5.05. The predicted octanol–water partition coefficient (Wildman–Crippen LogP) is -0.787. The molecule has 1 aromatic rings. The van der Waals surface area contributed by atoms with Crippen LogP contribution in [-0.4, -0.2) is 55.4 Å². The Bertz CT molecular complexity index is 773. The molecule has 158 valence electrons. The number of H-pyrrole nitrogens is 1. The van der Waals surface area contributed by atoms with Crippen LogP contribution in [0, 0.1) is 5.92 Å². The highest BCUT2D eigenvalue weighted by molar-refractivity contribution is 5.96. The molecule has 1 amide bonds. The molecule has 0 radical (unpaired) electrons. The Morgan fingerprint density at radius 3 is 2.82 bits per heavy atom. The van der Waals surface area contributed by atoms with Crippen molar-refractivity contribution in [2.45, 2.75) is 46.1 Å². The van der Waals surface area contributed by atoms with Gasteiger partial charge < -0.3 is 15.4 Å². The first-order valence-corrected chi connectivity index (χ1v) is 10.1. The van der Waals surface area contributed by atoms with Gasteiger partial charge in [0.05, 0.1) is 19.7 Å². The number of amides is 1. The van der Waals surface area contributed by atoms with Crippen LogP contribution in [0.15, 0.2) is 9.59 Å². The first-order chi connectivity index (χ1) is 13.4. The van der Waals surface area contributed by atoms with E-state index < -0.39 is 11.2 Å². The van der Waals surface area contributed by atoms with Gasteiger partial charge in [0.2, 0.25) is 0 Å². The van der Waals surface area contributed by atoms with Crippen molar-refractivity contribution >= 4 is 17.4 Å². The van der Waals surface area contributed by atoms with Gasteiger partial charge in [-0.05, 0) is 19.3 Å². The van der Waals surface area contributed by atoms with Crippen molar-refractivity contribution in [2.75, 3.05) is 50.5 Å². The highest BCUT2D eigenvalue weighted by Crippen LogP contribution is 2.17. The number of rotatable bonds is 9. The van der Waals surface area contributed by atoms with Gasteiger partial charge in [-0.15, -0.1) is 0 Å². The zero-order valence-corrected chi connectivity index (χ0v) is 17.3. The quantitative estimate of drug-likeness (QED) is 0.506. The first-order valence-electron chi connectivity index (χ1n) is 10.1. The molecule has 2 heterocycles. The van der Waals surface area contributed by atoms with Crippen molar-refractivity contribution < 1.29 is 14.4 Å². The van der Waals surface area contributed by atoms with Gasteiger partial charge in [0.15, 0.2) is 12.2 Å². The average Bonchev–Trinajstić information content (AvgIpc) is 2.64. The fraction of sp³-hybridized carbons (Fsp3) is 0.737. The zero-order valence-electron chi connectivity index (χ0n) is 17.3. The SMILES string of the molecule is CCCCn1c(N)c(N(CCOC)C(=O)C[NH+]2CCC[C@H](C)C2)c(=O)[nH]c1=O. The number of aromatic nitrogens is 2. The summed E-state index contributed by atoms with van der Waals surface area (Å²) in [6.07, 6.45) is 3.90. The highest BCUT2D eigenvalue weighted by atomic mass is 16.5. The molecule has 0 bridgehead atoms. The topological polar surface area (TPSA) is 115 Å². The normalized spacial score (nSPS) is 19.5. The number of methoxy groups -OCH3 is 1. The number of nitrogens with two attached hydrogens (primary N) is 1. The van der Waals surface area contributed by atoms with E-state index in [1.807, 2.05) is 6.92 Å². The lowest BCUT2D eigenvalue weighted by Gasteiger charge is -2.30. The third-order valence-corrected chi connectivity index (χ3v) is 5.30. The summed E-state index contributed by atoms with van der Waals surface area (Å²) in [7, 11) is 1.54. The standard InChI is InChI=1S/C19H33N5O4/c1-4-5-9-24-17(20)16(18(26)21-19(24)27)23(10-11-28-3)15(25)13-22-8-6-7-14(2)12-22/h14H,4-13,20H2,1-3H3,(H,21,26,27)/p+1/t14-/m0/s1. The van der Waals surface area contributed by atoms with Crippen LogP contribution in [0.25, 0.3) is 0 Å². The third kappa shape index (κ3) is 5.45. The number of nitrogen functional groups attached to an aromatic ring is 1. The average molecular weight is 397 g/mol. The van der Waals surface area contributed by atoms with Crippen LogP contribution in [0.2, 0.25) is 0 Å². The maximum atomic E-state index is 13.1. The lowest BCUT2D eigenvalue weighted by atomic mass is 10.0. The summed E-state index contributed by atoms with van der Waals surface area (Å²) in [5.74, 6) is 0.432. The summed E-state index contributed by atoms with van der Waals surface area (Å²) in [6, 6.07) is 0. The van der Waals surface area contributed by atoms with E-state index in [0.717, 1.165) is 32.4 Å². The maximum absolute atomic E-state index is 13.1. The van der Waals surface area contributed by atoms with E-state index in [0.29, 0.717) is 19.0 Å². The minimum Gasteiger partial charge on any atom is -0.383 e. The molecular formula is C19H34N5O4+. The molecule has 1 unspecified atom stereocenters. The number of likely N-dealkylation sites (tertiary alicyclic amines) is 1. The van der Waals surface area contributed by atoms with E-state index in [9.17, 15) is 14.4 Å². The first kappa shape index (κ1) is 22.2. The second-order valence-corrected chi connectivity index (χ2v) is 7.66. The van der Waals surface area contributed by atoms with E-state index in [4.69, 9.17) is 10.5 Å². The number of aromatic amines is 1. The number of hydrogen-bond acceptors (Lipinski definition) is 5. The molecule has 2 rings (SSSR count). The smallest absolute Gasteiger partial charge is 0.330 e. The number of hydrogen-bond donors (Lipinski definition) is 3. The van der Waals surface area contributed by atoms with E-state index in [1.54, 1.807) is 0 Å². The lowest BCUT2D eigenvalue weighted by molar-refractivity contribution is -0.900. The Morgan fingerprint density at radius 1 is 1.43 bits per heavy atom. The Balaban J connectivity index is 2.34. The number of anilines is 2. The number of nitrogens with zero attached hydrogens (tertiary/aromatic N) is 2. The number of ether oxygens (including phenoxy) is 1. The van der Waals surface area contributed by atoms with E-state index in [-0.39, 0.29) is 30.6 Å². The van der Waals surface area contributed by atoms with Crippen molar-refractivity contribution in [3.05, 3.63) is 20.8 Å². The van der Waals surface area contributed by atoms with Gasteiger partial charge in [0, 0.05) is 26.1 Å². The maximum Gasteiger partial charge on any atom is 0.330 e. The Morgan fingerprint density at radius 2 is 2.18 bits per heavy atom. The molecule has 0 aromatic carbocycles. The number of carbonyl (C=O) groups is 1. The summed E-state index contributed by atoms with van der Waals surface area (Å²) in [4.78, 5) is 42.7. The van der Waals surface area contributed by atoms with Gasteiger partial charge in [-0.3, -0.25) is 24.0 Å². The fourth-order valence-electron chi connectivity index (χ4n) is 3.79. The van der Waals surface area contributed by atoms with Crippen molar-refractivity contribution in [2.24, 2.45) is 5.92 Å². The van der Waals surface area contributed by atoms with E-state index in [2.05, 4.69) is 11.9 Å². The highest BCUT2D eigenvalue weighted by Gasteiger charge is 2.29. The van der Waals surface area contributed by atoms with Crippen LogP contribution in [0.3, 0.4) is 0 Å². The molecule has 1 aromatic heterocycles. The Kier molecular flexibility index (Phi) is 8.25. The minimum absolute atomic E-state index is 0.0358. The molecule has 1 saturated heterocycles. The van der Waals surface area contributed by atoms with E-state index >= 15 is 0 Å². The van der Waals surface area contributed by atoms with Crippen LogP contribution in [0.1, 0.15) is 39.5 Å². The number of piperidine rings is 1. The molecule has 28 heavy (non-hydrogen) atoms. The predicted molar refractivity (Wildman–Crippen MR) is 109 cm³/mol. The van der Waals surface area contributed by atoms with Crippen molar-refractivity contribution in [3.8, 4) is 0 Å². The van der Waals surface area contributed by atoms with Gasteiger partial charge in [0.25, 0.3) is 11.5 Å². The van der Waals surface area contributed by atoms with Crippen molar-refractivity contribution in [1.29, 1.82) is 0 Å². The van der Waals surface area contributed by atoms with Gasteiger partial charge in [-0.1, -0.05) is 20.3 Å². The molecule has 0 spiro atoms. The van der Waals surface area contributed by atoms with Crippen molar-refractivity contribution in [3.63, 3.8) is 0 Å². The number of unbranched alkanes of at least 4 members (excludes halogenated alkanes) is 1. The Hall–Kier alpha value is -2.13. The molecule has 1 fully saturated rings. The monoisotopic (exact) mass is 396 g/mol. The Labute approximate surface area is 165 Å². The zero-order chi connectivity index (χ0) is 20.7. The molecule has 0 aliphatic carbocycles. The molecule has 1 aliphatic rings. The largest absolute Gasteiger partial charge is 0.383 e. The van der Waals surface area contributed by atoms with Crippen LogP contribution < -0.4 is 26.8 Å². The van der Waals surface area contributed by atoms with Crippen molar-refractivity contribution in [1.82, 2.24) is 9.55 Å². The summed E-state index contributed by atoms with van der Waals surface area (Å²) in [6.45, 7) is 7.24. The van der Waals surface area contributed by atoms with Gasteiger partial charge >= 0.3 is 5.69 Å². The number of carbonyl (C=O) groups excluding carboxylic acids is 1. The third-order valence-electron chi connectivity index (χ3n) is 5.30. The molecular weight excluding hydrogens is 362 g/mol. The van der Waals surface area contributed by atoms with E-state index in [1.165, 1.54) is 27.9 Å². The second kappa shape index (κ2) is 10.4. The summed E-state index contributed by atoms with van der Waals surface area (Å²) >= 11 is 0. The second-order valence-electron chi connectivity index (χ2n) is 7.66. The van der Waals surface area contributed by atoms with Crippen LogP contribution in [0.5, 0.6) is 0 Å². The molecule has 9 heteroatoms. The number of quaternary nitrogens is 1. The van der Waals surface area contributed by atoms with Gasteiger partial charge in [-0.2, -0.15) is 0 Å². The van der Waals surface area contributed by atoms with Crippen LogP contribution >= 0.6 is 0 Å². The summed E-state index contributed by atoms with van der Waals surface area (Å²) < 4.78 is 6.46. The summed E-state index contributed by atoms with van der Waals surface area (Å²) in [5, 5.41) is 0. The minimum atomic E-state index is -0.637. The molecule has 0 saturated carbocycles. The van der Waals surface area contributed by atoms with Crippen LogP contribution in [-0.2, 0) is 16.1 Å². The number of nitrogens with one attached hydrogen (secondary N) is 2. The van der Waals surface area contributed by atoms with Gasteiger partial charge in [0.1, 0.15) is 5.82 Å². The van der Waals surface area contributed by atoms with Gasteiger partial charge in [-0.25, -0.2) is 4.79 Å². The molecule has 2 atom stereocenters. The molecule has 4 N–H and O–H groups in total. The fourth-order valence-corrected chi connectivity index (χ4v) is 3.79. The van der Waals surface area contributed by atoms with Crippen LogP contribution in [0.4, 0.5) is 11.5 Å². The lowest BCUT2D eigenvalue weighted by Crippen LogP contribution is -3.14.